The highest BCUT2D eigenvalue weighted by molar-refractivity contribution is 5.99. The zero-order chi connectivity index (χ0) is 34.9. The molecule has 0 radical (unpaired) electrons. The van der Waals surface area contributed by atoms with Crippen molar-refractivity contribution in [3.05, 3.63) is 180 Å². The van der Waals surface area contributed by atoms with E-state index < -0.39 is 0 Å². The molecule has 4 aromatic carbocycles. The lowest BCUT2D eigenvalue weighted by molar-refractivity contribution is -0.395. The first kappa shape index (κ1) is 31.9. The highest BCUT2D eigenvalue weighted by atomic mass is 15.0. The number of fused-ring (bicyclic) bond motifs is 6. The molecule has 2 aliphatic heterocycles. The predicted molar refractivity (Wildman–Crippen MR) is 216 cm³/mol. The molecule has 246 valence electrons. The van der Waals surface area contributed by atoms with Crippen molar-refractivity contribution in [2.75, 3.05) is 7.05 Å². The molecule has 6 bridgehead atoms. The Morgan fingerprint density at radius 1 is 0.471 bits per heavy atom. The van der Waals surface area contributed by atoms with Crippen molar-refractivity contribution in [1.29, 1.82) is 0 Å². The largest absolute Gasteiger partial charge is 0.343 e. The lowest BCUT2D eigenvalue weighted by Crippen LogP contribution is -1.98. The molecule has 2 aliphatic rings. The molecule has 0 fully saturated rings. The summed E-state index contributed by atoms with van der Waals surface area (Å²) in [6, 6.07) is 54.2. The van der Waals surface area contributed by atoms with E-state index in [1.807, 2.05) is 0 Å². The van der Waals surface area contributed by atoms with Gasteiger partial charge in [0, 0.05) is 35.3 Å². The summed E-state index contributed by atoms with van der Waals surface area (Å²) in [7, 11) is 4.35. The van der Waals surface area contributed by atoms with Crippen LogP contribution in [0.25, 0.3) is 67.7 Å². The van der Waals surface area contributed by atoms with Crippen molar-refractivity contribution < 1.29 is 4.58 Å². The third-order valence-electron chi connectivity index (χ3n) is 9.96. The normalized spacial score (nSPS) is 12.0. The third-order valence-corrected chi connectivity index (χ3v) is 9.96. The molecule has 0 saturated carbocycles. The van der Waals surface area contributed by atoms with Gasteiger partial charge in [0.1, 0.15) is 7.05 Å². The van der Waals surface area contributed by atoms with Crippen LogP contribution < -0.4 is 0 Å². The second-order valence-electron chi connectivity index (χ2n) is 13.3. The maximum atomic E-state index is 5.41. The fourth-order valence-electron chi connectivity index (χ4n) is 7.48. The van der Waals surface area contributed by atoms with Crippen LogP contribution in [0.2, 0.25) is 0 Å². The first-order valence-corrected chi connectivity index (χ1v) is 17.5. The maximum absolute atomic E-state index is 5.41. The van der Waals surface area contributed by atoms with Crippen LogP contribution in [0, 0.1) is 13.8 Å². The lowest BCUT2D eigenvalue weighted by atomic mass is 9.98. The number of aryl methyl sites for hydroxylation is 3. The number of aromatic nitrogens is 2. The molecule has 0 saturated heterocycles. The van der Waals surface area contributed by atoms with Crippen LogP contribution in [-0.2, 0) is 7.05 Å². The van der Waals surface area contributed by atoms with E-state index in [4.69, 9.17) is 4.98 Å². The Bertz CT molecular complexity index is 2520. The number of benzene rings is 4. The van der Waals surface area contributed by atoms with Gasteiger partial charge in [0.2, 0.25) is 5.69 Å². The van der Waals surface area contributed by atoms with Crippen LogP contribution in [0.4, 0.5) is 5.69 Å². The molecule has 0 aliphatic carbocycles. The molecule has 3 heteroatoms. The molecule has 6 aromatic rings. The highest BCUT2D eigenvalue weighted by Crippen LogP contribution is 2.40. The minimum Gasteiger partial charge on any atom is -0.343 e. The first-order valence-electron chi connectivity index (χ1n) is 17.5. The summed E-state index contributed by atoms with van der Waals surface area (Å²) < 4.78 is 4.62. The Morgan fingerprint density at radius 2 is 0.882 bits per heavy atom. The van der Waals surface area contributed by atoms with E-state index in [0.717, 1.165) is 61.5 Å². The average Bonchev–Trinajstić information content (AvgIpc) is 3.89. The van der Waals surface area contributed by atoms with Crippen molar-refractivity contribution >= 4 is 35.1 Å². The van der Waals surface area contributed by atoms with Gasteiger partial charge in [-0.3, -0.25) is 0 Å². The molecule has 8 rings (SSSR count). The van der Waals surface area contributed by atoms with Gasteiger partial charge in [0.05, 0.1) is 28.0 Å². The Kier molecular flexibility index (Phi) is 8.47. The Hall–Kier alpha value is -6.32. The highest BCUT2D eigenvalue weighted by Gasteiger charge is 2.24. The fraction of sp³-hybridized carbons (Fsp3) is 0.0833. The summed E-state index contributed by atoms with van der Waals surface area (Å²) in [4.78, 5) is 5.41. The van der Waals surface area contributed by atoms with E-state index in [1.54, 1.807) is 0 Å². The van der Waals surface area contributed by atoms with Crippen LogP contribution in [-0.4, -0.2) is 27.4 Å². The second kappa shape index (κ2) is 13.5. The zero-order valence-electron chi connectivity index (χ0n) is 29.5. The number of hydrogen-bond donors (Lipinski definition) is 0. The quantitative estimate of drug-likeness (QED) is 0.172. The molecule has 0 unspecified atom stereocenters. The van der Waals surface area contributed by atoms with Gasteiger partial charge in [-0.15, -0.1) is 0 Å². The van der Waals surface area contributed by atoms with Crippen molar-refractivity contribution in [2.45, 2.75) is 13.8 Å². The Morgan fingerprint density at radius 3 is 1.41 bits per heavy atom. The molecule has 0 N–H and O–H groups in total. The monoisotopic (exact) mass is 658 g/mol. The molecule has 4 heterocycles. The van der Waals surface area contributed by atoms with Gasteiger partial charge in [0.15, 0.2) is 6.21 Å². The maximum Gasteiger partial charge on any atom is 0.215 e. The average molecular weight is 659 g/mol. The Labute approximate surface area is 300 Å². The van der Waals surface area contributed by atoms with E-state index in [9.17, 15) is 0 Å². The first-order chi connectivity index (χ1) is 25.0. The SMILES string of the molecule is Cc1ccc(C)c(-c2ccccc2)c2ccc(c(-c3ccccc3)c3cc(c(-c4ccccc4)c4nc(c1-c1ccccc1)C=C4)C=[N+]3C)n2C. The molecular weight excluding hydrogens is 619 g/mol. The van der Waals surface area contributed by atoms with Crippen LogP contribution in [0.15, 0.2) is 152 Å². The summed E-state index contributed by atoms with van der Waals surface area (Å²) in [5, 5.41) is 0. The van der Waals surface area contributed by atoms with Crippen molar-refractivity contribution in [2.24, 2.45) is 7.05 Å². The van der Waals surface area contributed by atoms with Crippen LogP contribution in [0.1, 0.15) is 28.1 Å². The lowest BCUT2D eigenvalue weighted by Gasteiger charge is -2.10. The summed E-state index contributed by atoms with van der Waals surface area (Å²) >= 11 is 0. The van der Waals surface area contributed by atoms with E-state index in [2.05, 4.69) is 207 Å². The number of nitrogens with zero attached hydrogens (tertiary/aromatic N) is 3. The smallest absolute Gasteiger partial charge is 0.215 e. The summed E-state index contributed by atoms with van der Waals surface area (Å²) in [5.41, 5.74) is 18.0. The van der Waals surface area contributed by atoms with Crippen molar-refractivity contribution in [3.8, 4) is 44.5 Å². The second-order valence-corrected chi connectivity index (χ2v) is 13.3. The van der Waals surface area contributed by atoms with Gasteiger partial charge in [0.25, 0.3) is 0 Å². The van der Waals surface area contributed by atoms with Gasteiger partial charge in [-0.2, -0.15) is 0 Å². The molecule has 51 heavy (non-hydrogen) atoms. The van der Waals surface area contributed by atoms with Gasteiger partial charge < -0.3 is 4.57 Å². The minimum atomic E-state index is 0.952. The van der Waals surface area contributed by atoms with Crippen molar-refractivity contribution in [1.82, 2.24) is 9.55 Å². The van der Waals surface area contributed by atoms with Crippen LogP contribution in [0.5, 0.6) is 0 Å². The summed E-state index contributed by atoms with van der Waals surface area (Å²) in [5.74, 6) is 0. The van der Waals surface area contributed by atoms with Gasteiger partial charge in [-0.1, -0.05) is 133 Å². The molecule has 3 nitrogen and oxygen atoms in total. The zero-order valence-corrected chi connectivity index (χ0v) is 29.5. The van der Waals surface area contributed by atoms with Gasteiger partial charge >= 0.3 is 0 Å². The van der Waals surface area contributed by atoms with E-state index >= 15 is 0 Å². The summed E-state index contributed by atoms with van der Waals surface area (Å²) in [6.45, 7) is 4.42. The van der Waals surface area contributed by atoms with Crippen LogP contribution in [0.3, 0.4) is 0 Å². The van der Waals surface area contributed by atoms with Gasteiger partial charge in [-0.25, -0.2) is 9.56 Å². The topological polar surface area (TPSA) is 20.8 Å². The standard InChI is InChI=1S/C48H40N3/c1-33-25-26-34(2)46(36-19-11-6-12-20-36)42-29-30-43(51(42)4)48(38-23-15-8-16-24-38)44-31-39(32-50(44)3)47(37-21-13-7-14-22-37)41-28-27-40(49-41)45(33)35-17-9-5-10-18-35/h5-32H,1-4H3/q+1. The minimum absolute atomic E-state index is 0.952. The van der Waals surface area contributed by atoms with Crippen LogP contribution >= 0.6 is 0 Å². The number of rotatable bonds is 4. The molecular formula is C48H40N3+. The third kappa shape index (κ3) is 5.98. The van der Waals surface area contributed by atoms with E-state index in [0.29, 0.717) is 0 Å². The van der Waals surface area contributed by atoms with Crippen molar-refractivity contribution in [3.63, 3.8) is 0 Å². The summed E-state index contributed by atoms with van der Waals surface area (Å²) in [6.07, 6.45) is 6.61. The number of hydrogen-bond acceptors (Lipinski definition) is 1. The molecule has 0 atom stereocenters. The molecule has 0 spiro atoms. The fourth-order valence-corrected chi connectivity index (χ4v) is 7.48. The van der Waals surface area contributed by atoms with E-state index in [-0.39, 0.29) is 0 Å². The van der Waals surface area contributed by atoms with Gasteiger partial charge in [-0.05, 0) is 71.5 Å². The molecule has 2 aromatic heterocycles. The molecule has 0 amide bonds. The predicted octanol–water partition coefficient (Wildman–Crippen LogP) is 11.9. The van der Waals surface area contributed by atoms with E-state index in [1.165, 1.54) is 27.8 Å². The Balaban J connectivity index is 1.61.